The molecule has 2 rings (SSSR count). The largest absolute Gasteiger partial charge is 0.385 e. The van der Waals surface area contributed by atoms with Gasteiger partial charge in [-0.2, -0.15) is 0 Å². The van der Waals surface area contributed by atoms with Crippen molar-refractivity contribution in [1.82, 2.24) is 5.32 Å². The fraction of sp³-hybridized carbons (Fsp3) is 0.278. The van der Waals surface area contributed by atoms with E-state index in [0.29, 0.717) is 12.1 Å². The minimum Gasteiger partial charge on any atom is -0.385 e. The molecule has 0 aromatic heterocycles. The van der Waals surface area contributed by atoms with E-state index >= 15 is 0 Å². The van der Waals surface area contributed by atoms with Crippen LogP contribution < -0.4 is 10.6 Å². The zero-order chi connectivity index (χ0) is 15.1. The molecule has 0 aliphatic carbocycles. The zero-order valence-corrected chi connectivity index (χ0v) is 12.6. The van der Waals surface area contributed by atoms with Gasteiger partial charge in [0, 0.05) is 24.3 Å². The Labute approximate surface area is 126 Å². The maximum absolute atomic E-state index is 12.2. The first-order valence-electron chi connectivity index (χ1n) is 7.37. The maximum atomic E-state index is 12.2. The Bertz CT molecular complexity index is 593. The van der Waals surface area contributed by atoms with E-state index in [1.807, 2.05) is 55.5 Å². The van der Waals surface area contributed by atoms with Gasteiger partial charge in [0.1, 0.15) is 0 Å². The molecular weight excluding hydrogens is 260 g/mol. The molecule has 21 heavy (non-hydrogen) atoms. The highest BCUT2D eigenvalue weighted by molar-refractivity contribution is 5.94. The van der Waals surface area contributed by atoms with E-state index in [1.54, 1.807) is 0 Å². The minimum absolute atomic E-state index is 0.0380. The molecule has 0 fully saturated rings. The molecule has 3 heteroatoms. The third-order valence-electron chi connectivity index (χ3n) is 3.35. The van der Waals surface area contributed by atoms with Crippen molar-refractivity contribution in [2.75, 3.05) is 11.9 Å². The third-order valence-corrected chi connectivity index (χ3v) is 3.35. The van der Waals surface area contributed by atoms with Crippen LogP contribution in [-0.4, -0.2) is 12.5 Å². The second kappa shape index (κ2) is 7.48. The highest BCUT2D eigenvalue weighted by atomic mass is 16.1. The lowest BCUT2D eigenvalue weighted by Crippen LogP contribution is -2.22. The molecule has 0 unspecified atom stereocenters. The number of hydrogen-bond acceptors (Lipinski definition) is 2. The highest BCUT2D eigenvalue weighted by Crippen LogP contribution is 2.16. The fourth-order valence-electron chi connectivity index (χ4n) is 2.14. The molecule has 0 atom stereocenters. The van der Waals surface area contributed by atoms with Crippen LogP contribution in [-0.2, 0) is 6.54 Å². The summed E-state index contributed by atoms with van der Waals surface area (Å²) in [6.45, 7) is 5.65. The molecule has 2 N–H and O–H groups in total. The molecule has 0 saturated heterocycles. The summed E-state index contributed by atoms with van der Waals surface area (Å²) in [5.41, 5.74) is 3.99. The summed E-state index contributed by atoms with van der Waals surface area (Å²) in [5, 5.41) is 6.30. The molecule has 0 aliphatic rings. The Balaban J connectivity index is 1.98. The average molecular weight is 282 g/mol. The molecule has 1 amide bonds. The fourth-order valence-corrected chi connectivity index (χ4v) is 2.14. The summed E-state index contributed by atoms with van der Waals surface area (Å²) >= 11 is 0. The van der Waals surface area contributed by atoms with E-state index in [4.69, 9.17) is 0 Å². The minimum atomic E-state index is -0.0380. The van der Waals surface area contributed by atoms with Gasteiger partial charge >= 0.3 is 0 Å². The van der Waals surface area contributed by atoms with E-state index in [0.717, 1.165) is 29.8 Å². The van der Waals surface area contributed by atoms with Crippen molar-refractivity contribution in [3.63, 3.8) is 0 Å². The van der Waals surface area contributed by atoms with Crippen LogP contribution in [0.1, 0.15) is 34.8 Å². The van der Waals surface area contributed by atoms with Gasteiger partial charge in [0.25, 0.3) is 5.91 Å². The average Bonchev–Trinajstić information content (AvgIpc) is 2.52. The van der Waals surface area contributed by atoms with Crippen LogP contribution >= 0.6 is 0 Å². The first-order chi connectivity index (χ1) is 10.2. The quantitative estimate of drug-likeness (QED) is 0.847. The molecule has 0 aliphatic heterocycles. The number of aryl methyl sites for hydroxylation is 1. The molecule has 0 saturated carbocycles. The molecule has 2 aromatic rings. The number of carbonyl (C=O) groups excluding carboxylic acids is 1. The van der Waals surface area contributed by atoms with Crippen molar-refractivity contribution in [3.8, 4) is 0 Å². The predicted octanol–water partition coefficient (Wildman–Crippen LogP) is 3.75. The normalized spacial score (nSPS) is 10.2. The van der Waals surface area contributed by atoms with Gasteiger partial charge in [-0.25, -0.2) is 0 Å². The first-order valence-corrected chi connectivity index (χ1v) is 7.37. The summed E-state index contributed by atoms with van der Waals surface area (Å²) < 4.78 is 0. The van der Waals surface area contributed by atoms with E-state index < -0.39 is 0 Å². The highest BCUT2D eigenvalue weighted by Gasteiger charge is 2.07. The summed E-state index contributed by atoms with van der Waals surface area (Å²) in [6, 6.07) is 15.7. The third kappa shape index (κ3) is 4.35. The first kappa shape index (κ1) is 15.1. The van der Waals surface area contributed by atoms with Crippen LogP contribution in [0.25, 0.3) is 0 Å². The number of hydrogen-bond donors (Lipinski definition) is 2. The zero-order valence-electron chi connectivity index (χ0n) is 12.6. The molecule has 2 aromatic carbocycles. The Kier molecular flexibility index (Phi) is 5.38. The van der Waals surface area contributed by atoms with Crippen LogP contribution in [0.2, 0.25) is 0 Å². The summed E-state index contributed by atoms with van der Waals surface area (Å²) in [7, 11) is 0. The van der Waals surface area contributed by atoms with E-state index in [-0.39, 0.29) is 5.91 Å². The van der Waals surface area contributed by atoms with Gasteiger partial charge in [-0.3, -0.25) is 4.79 Å². The molecule has 110 valence electrons. The number of carbonyl (C=O) groups is 1. The van der Waals surface area contributed by atoms with Gasteiger partial charge in [0.2, 0.25) is 0 Å². The molecular formula is C18H22N2O. The predicted molar refractivity (Wildman–Crippen MR) is 87.6 cm³/mol. The number of amides is 1. The molecule has 3 nitrogen and oxygen atoms in total. The van der Waals surface area contributed by atoms with Gasteiger partial charge < -0.3 is 10.6 Å². The molecule has 0 spiro atoms. The van der Waals surface area contributed by atoms with Crippen LogP contribution in [0.5, 0.6) is 0 Å². The van der Waals surface area contributed by atoms with E-state index in [1.165, 1.54) is 0 Å². The topological polar surface area (TPSA) is 41.1 Å². The Morgan fingerprint density at radius 2 is 1.86 bits per heavy atom. The van der Waals surface area contributed by atoms with Crippen molar-refractivity contribution in [2.24, 2.45) is 0 Å². The van der Waals surface area contributed by atoms with Crippen molar-refractivity contribution in [1.29, 1.82) is 0 Å². The number of benzene rings is 2. The van der Waals surface area contributed by atoms with Crippen LogP contribution in [0.4, 0.5) is 5.69 Å². The maximum Gasteiger partial charge on any atom is 0.251 e. The smallest absolute Gasteiger partial charge is 0.251 e. The van der Waals surface area contributed by atoms with Crippen molar-refractivity contribution in [3.05, 3.63) is 65.2 Å². The Morgan fingerprint density at radius 3 is 2.52 bits per heavy atom. The number of nitrogens with one attached hydrogen (secondary N) is 2. The lowest BCUT2D eigenvalue weighted by Gasteiger charge is -2.11. The summed E-state index contributed by atoms with van der Waals surface area (Å²) in [4.78, 5) is 12.2. The second-order valence-electron chi connectivity index (χ2n) is 5.12. The van der Waals surface area contributed by atoms with Crippen LogP contribution in [0.3, 0.4) is 0 Å². The summed E-state index contributed by atoms with van der Waals surface area (Å²) in [6.07, 6.45) is 1.08. The monoisotopic (exact) mass is 282 g/mol. The van der Waals surface area contributed by atoms with Crippen molar-refractivity contribution in [2.45, 2.75) is 26.8 Å². The van der Waals surface area contributed by atoms with Crippen molar-refractivity contribution < 1.29 is 4.79 Å². The Hall–Kier alpha value is -2.29. The standard InChI is InChI=1S/C18H22N2O/c1-3-11-19-17-10-9-16(12-14(17)2)18(21)20-13-15-7-5-4-6-8-15/h4-10,12,19H,3,11,13H2,1-2H3,(H,20,21). The van der Waals surface area contributed by atoms with Gasteiger partial charge in [0.05, 0.1) is 0 Å². The molecule has 0 radical (unpaired) electrons. The molecule has 0 heterocycles. The summed E-state index contributed by atoms with van der Waals surface area (Å²) in [5.74, 6) is -0.0380. The van der Waals surface area contributed by atoms with E-state index in [2.05, 4.69) is 17.6 Å². The SMILES string of the molecule is CCCNc1ccc(C(=O)NCc2ccccc2)cc1C. The lowest BCUT2D eigenvalue weighted by molar-refractivity contribution is 0.0951. The van der Waals surface area contributed by atoms with Crippen molar-refractivity contribution >= 4 is 11.6 Å². The second-order valence-corrected chi connectivity index (χ2v) is 5.12. The van der Waals surface area contributed by atoms with Crippen LogP contribution in [0, 0.1) is 6.92 Å². The Morgan fingerprint density at radius 1 is 1.10 bits per heavy atom. The van der Waals surface area contributed by atoms with Gasteiger partial charge in [-0.15, -0.1) is 0 Å². The molecule has 0 bridgehead atoms. The van der Waals surface area contributed by atoms with Gasteiger partial charge in [-0.1, -0.05) is 37.3 Å². The lowest BCUT2D eigenvalue weighted by atomic mass is 10.1. The van der Waals surface area contributed by atoms with Crippen LogP contribution in [0.15, 0.2) is 48.5 Å². The van der Waals surface area contributed by atoms with E-state index in [9.17, 15) is 4.79 Å². The number of anilines is 1. The number of rotatable bonds is 6. The van der Waals surface area contributed by atoms with Gasteiger partial charge in [-0.05, 0) is 42.7 Å². The van der Waals surface area contributed by atoms with Gasteiger partial charge in [0.15, 0.2) is 0 Å².